The average molecular weight is 631 g/mol. The minimum absolute atomic E-state index is 0.000677. The van der Waals surface area contributed by atoms with Crippen molar-refractivity contribution in [2.24, 2.45) is 22.2 Å². The summed E-state index contributed by atoms with van der Waals surface area (Å²) in [6, 6.07) is 11.0. The van der Waals surface area contributed by atoms with Crippen LogP contribution < -0.4 is 32.9 Å². The molecule has 0 bridgehead atoms. The number of alkyl halides is 3. The van der Waals surface area contributed by atoms with Crippen molar-refractivity contribution in [2.75, 3.05) is 19.8 Å². The number of H-pyrrole nitrogens is 1. The Hall–Kier alpha value is -4.47. The topological polar surface area (TPSA) is 172 Å². The zero-order chi connectivity index (χ0) is 32.3. The van der Waals surface area contributed by atoms with E-state index in [1.807, 2.05) is 19.1 Å². The van der Waals surface area contributed by atoms with E-state index in [2.05, 4.69) is 25.0 Å². The van der Waals surface area contributed by atoms with Gasteiger partial charge in [0.2, 0.25) is 0 Å². The molecule has 240 valence electrons. The molecule has 0 unspecified atom stereocenters. The predicted molar refractivity (Wildman–Crippen MR) is 162 cm³/mol. The molecule has 3 atom stereocenters. The standard InChI is InChI=1S/C30H34F4N8O3/c1-16(35)3-2-4-17-9-22(26(31)25(10-17)45-30(32,33)34)23-11-19-13-42(29(43)41-27(19)40-23)21-7-5-18(6-8-21)24-15-44-14-20(39-24)12-38-28(36)37/h5-11,13,16,20,24,39H,2-4,12,14-15,35H2,1H3,(H4,36,37,38)(H,40,41,43)/t16-,20+,24-/m0/s1. The second-order valence-electron chi connectivity index (χ2n) is 11.1. The number of morpholine rings is 1. The zero-order valence-corrected chi connectivity index (χ0v) is 24.4. The highest BCUT2D eigenvalue weighted by Gasteiger charge is 2.33. The minimum Gasteiger partial charge on any atom is -0.403 e. The van der Waals surface area contributed by atoms with Crippen molar-refractivity contribution in [2.45, 2.75) is 50.7 Å². The molecular formula is C30H34F4N8O3. The van der Waals surface area contributed by atoms with Crippen LogP contribution in [0.3, 0.4) is 0 Å². The molecule has 45 heavy (non-hydrogen) atoms. The number of aromatic nitrogens is 3. The highest BCUT2D eigenvalue weighted by Crippen LogP contribution is 2.35. The summed E-state index contributed by atoms with van der Waals surface area (Å²) < 4.78 is 65.7. The van der Waals surface area contributed by atoms with Crippen molar-refractivity contribution in [3.63, 3.8) is 0 Å². The van der Waals surface area contributed by atoms with E-state index in [1.165, 1.54) is 22.9 Å². The number of nitrogens with zero attached hydrogens (tertiary/aromatic N) is 3. The van der Waals surface area contributed by atoms with Gasteiger partial charge >= 0.3 is 12.1 Å². The van der Waals surface area contributed by atoms with Gasteiger partial charge in [-0.1, -0.05) is 12.1 Å². The Kier molecular flexibility index (Phi) is 9.41. The maximum Gasteiger partial charge on any atom is 0.573 e. The summed E-state index contributed by atoms with van der Waals surface area (Å²) in [4.78, 5) is 24.0. The fourth-order valence-electron chi connectivity index (χ4n) is 5.24. The first kappa shape index (κ1) is 31.9. The van der Waals surface area contributed by atoms with Crippen molar-refractivity contribution < 1.29 is 27.0 Å². The van der Waals surface area contributed by atoms with E-state index in [1.54, 1.807) is 12.1 Å². The molecule has 1 fully saturated rings. The van der Waals surface area contributed by atoms with Crippen molar-refractivity contribution in [3.8, 4) is 22.7 Å². The summed E-state index contributed by atoms with van der Waals surface area (Å²) in [7, 11) is 0. The third-order valence-corrected chi connectivity index (χ3v) is 7.36. The summed E-state index contributed by atoms with van der Waals surface area (Å²) >= 11 is 0. The predicted octanol–water partition coefficient (Wildman–Crippen LogP) is 3.39. The lowest BCUT2D eigenvalue weighted by Crippen LogP contribution is -2.46. The quantitative estimate of drug-likeness (QED) is 0.101. The molecule has 1 aliphatic heterocycles. The number of ether oxygens (including phenoxy) is 2. The van der Waals surface area contributed by atoms with Crippen LogP contribution in [-0.4, -0.2) is 58.7 Å². The van der Waals surface area contributed by atoms with E-state index in [0.29, 0.717) is 55.7 Å². The van der Waals surface area contributed by atoms with Gasteiger partial charge < -0.3 is 37.0 Å². The van der Waals surface area contributed by atoms with Crippen LogP contribution in [0.4, 0.5) is 17.6 Å². The van der Waals surface area contributed by atoms with Gasteiger partial charge in [-0.3, -0.25) is 9.56 Å². The molecule has 0 saturated carbocycles. The number of aliphatic imine (C=N–C) groups is 1. The van der Waals surface area contributed by atoms with E-state index in [0.717, 1.165) is 11.6 Å². The van der Waals surface area contributed by atoms with Crippen LogP contribution in [0.25, 0.3) is 28.0 Å². The Morgan fingerprint density at radius 1 is 1.20 bits per heavy atom. The van der Waals surface area contributed by atoms with Gasteiger partial charge in [0.1, 0.15) is 5.65 Å². The molecule has 3 heterocycles. The first-order chi connectivity index (χ1) is 21.4. The molecular weight excluding hydrogens is 596 g/mol. The maximum absolute atomic E-state index is 15.4. The molecule has 8 N–H and O–H groups in total. The largest absolute Gasteiger partial charge is 0.573 e. The maximum atomic E-state index is 15.4. The smallest absolute Gasteiger partial charge is 0.403 e. The summed E-state index contributed by atoms with van der Waals surface area (Å²) in [6.07, 6.45) is -1.97. The highest BCUT2D eigenvalue weighted by atomic mass is 19.4. The molecule has 0 amide bonds. The third kappa shape index (κ3) is 7.98. The lowest BCUT2D eigenvalue weighted by atomic mass is 10.0. The van der Waals surface area contributed by atoms with Gasteiger partial charge in [0.15, 0.2) is 17.5 Å². The van der Waals surface area contributed by atoms with E-state index in [-0.39, 0.29) is 41.0 Å². The number of aryl methyl sites for hydroxylation is 1. The lowest BCUT2D eigenvalue weighted by Gasteiger charge is -2.30. The first-order valence-electron chi connectivity index (χ1n) is 14.3. The molecule has 2 aromatic carbocycles. The van der Waals surface area contributed by atoms with Gasteiger partial charge in [0, 0.05) is 23.2 Å². The van der Waals surface area contributed by atoms with E-state index in [4.69, 9.17) is 21.9 Å². The van der Waals surface area contributed by atoms with Crippen LogP contribution in [0.2, 0.25) is 0 Å². The first-order valence-corrected chi connectivity index (χ1v) is 14.3. The lowest BCUT2D eigenvalue weighted by molar-refractivity contribution is -0.275. The number of fused-ring (bicyclic) bond motifs is 1. The second-order valence-corrected chi connectivity index (χ2v) is 11.1. The molecule has 15 heteroatoms. The second kappa shape index (κ2) is 13.3. The normalized spacial score (nSPS) is 17.7. The number of aromatic amines is 1. The fourth-order valence-corrected chi connectivity index (χ4v) is 5.24. The van der Waals surface area contributed by atoms with Crippen LogP contribution in [0.5, 0.6) is 5.75 Å². The van der Waals surface area contributed by atoms with Gasteiger partial charge in [-0.2, -0.15) is 4.98 Å². The molecule has 0 spiro atoms. The molecule has 5 rings (SSSR count). The molecule has 1 aliphatic rings. The van der Waals surface area contributed by atoms with Crippen LogP contribution >= 0.6 is 0 Å². The van der Waals surface area contributed by atoms with Gasteiger partial charge in [-0.05, 0) is 67.6 Å². The molecule has 2 aromatic heterocycles. The summed E-state index contributed by atoms with van der Waals surface area (Å²) in [6.45, 7) is 3.10. The minimum atomic E-state index is -5.08. The number of rotatable bonds is 10. The summed E-state index contributed by atoms with van der Waals surface area (Å²) in [5.41, 5.74) is 18.1. The zero-order valence-electron chi connectivity index (χ0n) is 24.4. The van der Waals surface area contributed by atoms with Crippen molar-refractivity contribution >= 4 is 17.0 Å². The Labute approximate surface area is 255 Å². The van der Waals surface area contributed by atoms with E-state index < -0.39 is 23.6 Å². The number of nitrogens with two attached hydrogens (primary N) is 3. The van der Waals surface area contributed by atoms with Crippen LogP contribution in [0.1, 0.15) is 36.9 Å². The Balaban J connectivity index is 1.42. The molecule has 4 aromatic rings. The van der Waals surface area contributed by atoms with Gasteiger partial charge in [0.25, 0.3) is 0 Å². The summed E-state index contributed by atoms with van der Waals surface area (Å²) in [5.74, 6) is -2.13. The SMILES string of the molecule is C[C@H](N)CCCc1cc(OC(F)(F)F)c(F)c(-c2cc3cn(-c4ccc([C@@H]5COC[C@@H](CN=C(N)N)N5)cc4)c(=O)nc3[nH]2)c1. The molecule has 0 radical (unpaired) electrons. The van der Waals surface area contributed by atoms with E-state index in [9.17, 15) is 18.0 Å². The number of halogens is 4. The number of hydrogen-bond donors (Lipinski definition) is 5. The number of guanidine groups is 1. The average Bonchev–Trinajstić information content (AvgIpc) is 3.39. The fraction of sp³-hybridized carbons (Fsp3) is 0.367. The molecule has 0 aliphatic carbocycles. The van der Waals surface area contributed by atoms with Crippen molar-refractivity contribution in [1.29, 1.82) is 0 Å². The number of hydrogen-bond acceptors (Lipinski definition) is 7. The van der Waals surface area contributed by atoms with Gasteiger partial charge in [0.05, 0.1) is 43.2 Å². The monoisotopic (exact) mass is 630 g/mol. The molecule has 11 nitrogen and oxygen atoms in total. The highest BCUT2D eigenvalue weighted by molar-refractivity contribution is 5.83. The molecule has 1 saturated heterocycles. The number of benzene rings is 2. The number of nitrogens with one attached hydrogen (secondary N) is 2. The Morgan fingerprint density at radius 3 is 2.64 bits per heavy atom. The van der Waals surface area contributed by atoms with Crippen LogP contribution in [0, 0.1) is 5.82 Å². The van der Waals surface area contributed by atoms with E-state index >= 15 is 4.39 Å². The third-order valence-electron chi connectivity index (χ3n) is 7.36. The Bertz CT molecular complexity index is 1730. The Morgan fingerprint density at radius 2 is 1.96 bits per heavy atom. The summed E-state index contributed by atoms with van der Waals surface area (Å²) in [5, 5.41) is 3.89. The van der Waals surface area contributed by atoms with Crippen molar-refractivity contribution in [1.82, 2.24) is 19.9 Å². The van der Waals surface area contributed by atoms with Gasteiger partial charge in [-0.15, -0.1) is 13.2 Å². The van der Waals surface area contributed by atoms with Crippen molar-refractivity contribution in [3.05, 3.63) is 76.1 Å². The van der Waals surface area contributed by atoms with Crippen LogP contribution in [0.15, 0.2) is 58.4 Å². The van der Waals surface area contributed by atoms with Crippen LogP contribution in [-0.2, 0) is 11.2 Å². The van der Waals surface area contributed by atoms with Gasteiger partial charge in [-0.25, -0.2) is 9.18 Å².